The van der Waals surface area contributed by atoms with Gasteiger partial charge in [-0.1, -0.05) is 49.4 Å². The van der Waals surface area contributed by atoms with Crippen LogP contribution in [0.2, 0.25) is 0 Å². The predicted molar refractivity (Wildman–Crippen MR) is 123 cm³/mol. The Labute approximate surface area is 192 Å². The molecule has 0 unspecified atom stereocenters. The number of hydrogen-bond donors (Lipinski definition) is 1. The zero-order valence-electron chi connectivity index (χ0n) is 18.8. The highest BCUT2D eigenvalue weighted by atomic mass is 19.1. The van der Waals surface area contributed by atoms with Gasteiger partial charge in [-0.15, -0.1) is 0 Å². The van der Waals surface area contributed by atoms with Crippen LogP contribution in [-0.4, -0.2) is 29.5 Å². The van der Waals surface area contributed by atoms with Gasteiger partial charge in [0.2, 0.25) is 0 Å². The van der Waals surface area contributed by atoms with Gasteiger partial charge in [0.1, 0.15) is 5.82 Å². The van der Waals surface area contributed by atoms with Crippen LogP contribution in [0.4, 0.5) is 8.78 Å². The van der Waals surface area contributed by atoms with E-state index in [0.29, 0.717) is 17.5 Å². The minimum atomic E-state index is -0.909. The molecule has 0 atom stereocenters. The van der Waals surface area contributed by atoms with E-state index in [1.807, 2.05) is 19.1 Å². The van der Waals surface area contributed by atoms with Gasteiger partial charge in [0.15, 0.2) is 18.2 Å². The molecule has 7 heteroatoms. The van der Waals surface area contributed by atoms with E-state index >= 15 is 0 Å². The Balaban J connectivity index is 1.83. The van der Waals surface area contributed by atoms with Crippen molar-refractivity contribution in [3.05, 3.63) is 89.5 Å². The maximum absolute atomic E-state index is 14.7. The molecule has 0 aliphatic heterocycles. The van der Waals surface area contributed by atoms with E-state index in [2.05, 4.69) is 5.43 Å². The number of hydrazine groups is 1. The summed E-state index contributed by atoms with van der Waals surface area (Å²) < 4.78 is 34.3. The predicted octanol–water partition coefficient (Wildman–Crippen LogP) is 5.16. The number of rotatable bonds is 7. The molecule has 172 valence electrons. The van der Waals surface area contributed by atoms with Gasteiger partial charge < -0.3 is 4.74 Å². The van der Waals surface area contributed by atoms with Gasteiger partial charge in [0.25, 0.3) is 11.8 Å². The second-order valence-corrected chi connectivity index (χ2v) is 7.73. The number of ether oxygens (including phenoxy) is 1. The maximum atomic E-state index is 14.7. The molecular formula is C26H26F2N2O3. The summed E-state index contributed by atoms with van der Waals surface area (Å²) in [6.07, 6.45) is 0.652. The van der Waals surface area contributed by atoms with E-state index in [0.717, 1.165) is 16.6 Å². The average Bonchev–Trinajstić information content (AvgIpc) is 2.81. The lowest BCUT2D eigenvalue weighted by Gasteiger charge is -2.27. The molecule has 1 N–H and O–H groups in total. The summed E-state index contributed by atoms with van der Waals surface area (Å²) in [7, 11) is 0. The number of hydrogen-bond acceptors (Lipinski definition) is 3. The standard InChI is InChI=1S/C26H26F2N2O3/c1-4-18-10-8-9-13-21(18)22-14-20(27)15-23(28)25(22)33-16-24(31)30(17(2)3)29-26(32)19-11-6-5-7-12-19/h5-15,17H,4,16H2,1-3H3,(H,29,32). The summed E-state index contributed by atoms with van der Waals surface area (Å²) in [5, 5.41) is 1.14. The fourth-order valence-corrected chi connectivity index (χ4v) is 3.44. The van der Waals surface area contributed by atoms with Gasteiger partial charge in [-0.3, -0.25) is 15.0 Å². The molecule has 0 spiro atoms. The first kappa shape index (κ1) is 23.9. The second-order valence-electron chi connectivity index (χ2n) is 7.73. The summed E-state index contributed by atoms with van der Waals surface area (Å²) >= 11 is 0. The van der Waals surface area contributed by atoms with Crippen molar-refractivity contribution in [2.24, 2.45) is 0 Å². The van der Waals surface area contributed by atoms with Crippen LogP contribution < -0.4 is 10.2 Å². The Morgan fingerprint density at radius 3 is 2.30 bits per heavy atom. The zero-order valence-corrected chi connectivity index (χ0v) is 18.8. The number of carbonyl (C=O) groups excluding carboxylic acids is 2. The molecule has 0 aromatic heterocycles. The number of nitrogens with zero attached hydrogens (tertiary/aromatic N) is 1. The Hall–Kier alpha value is -3.74. The fourth-order valence-electron chi connectivity index (χ4n) is 3.44. The van der Waals surface area contributed by atoms with Gasteiger partial charge >= 0.3 is 0 Å². The summed E-state index contributed by atoms with van der Waals surface area (Å²) in [6, 6.07) is 17.2. The van der Waals surface area contributed by atoms with Crippen LogP contribution in [0.25, 0.3) is 11.1 Å². The van der Waals surface area contributed by atoms with Crippen LogP contribution in [0.5, 0.6) is 5.75 Å². The van der Waals surface area contributed by atoms with E-state index < -0.39 is 30.1 Å². The maximum Gasteiger partial charge on any atom is 0.279 e. The lowest BCUT2D eigenvalue weighted by molar-refractivity contribution is -0.137. The Kier molecular flexibility index (Phi) is 7.77. The summed E-state index contributed by atoms with van der Waals surface area (Å²) in [6.45, 7) is 4.85. The Bertz CT molecular complexity index is 1130. The van der Waals surface area contributed by atoms with E-state index in [-0.39, 0.29) is 17.4 Å². The third-order valence-electron chi connectivity index (χ3n) is 5.08. The lowest BCUT2D eigenvalue weighted by Crippen LogP contribution is -2.51. The fraction of sp³-hybridized carbons (Fsp3) is 0.231. The molecule has 0 aliphatic rings. The molecule has 0 saturated heterocycles. The summed E-state index contributed by atoms with van der Waals surface area (Å²) in [4.78, 5) is 25.4. The van der Waals surface area contributed by atoms with Gasteiger partial charge in [-0.05, 0) is 49.6 Å². The van der Waals surface area contributed by atoms with Crippen molar-refractivity contribution < 1.29 is 23.1 Å². The van der Waals surface area contributed by atoms with Crippen LogP contribution in [0.3, 0.4) is 0 Å². The topological polar surface area (TPSA) is 58.6 Å². The lowest BCUT2D eigenvalue weighted by atomic mass is 9.97. The van der Waals surface area contributed by atoms with Crippen molar-refractivity contribution in [2.75, 3.05) is 6.61 Å². The van der Waals surface area contributed by atoms with Gasteiger partial charge in [-0.2, -0.15) is 0 Å². The number of benzene rings is 3. The molecule has 5 nitrogen and oxygen atoms in total. The quantitative estimate of drug-likeness (QED) is 0.504. The molecule has 0 bridgehead atoms. The van der Waals surface area contributed by atoms with Crippen molar-refractivity contribution in [1.82, 2.24) is 10.4 Å². The highest BCUT2D eigenvalue weighted by Crippen LogP contribution is 2.35. The molecule has 0 radical (unpaired) electrons. The molecule has 0 aliphatic carbocycles. The van der Waals surface area contributed by atoms with Crippen LogP contribution in [0.15, 0.2) is 66.7 Å². The number of nitrogens with one attached hydrogen (secondary N) is 1. The highest BCUT2D eigenvalue weighted by Gasteiger charge is 2.23. The average molecular weight is 453 g/mol. The number of halogens is 2. The molecule has 0 heterocycles. The molecule has 3 rings (SSSR count). The summed E-state index contributed by atoms with van der Waals surface area (Å²) in [5.74, 6) is -2.90. The van der Waals surface area contributed by atoms with Crippen LogP contribution in [0, 0.1) is 11.6 Å². The smallest absolute Gasteiger partial charge is 0.279 e. The minimum Gasteiger partial charge on any atom is -0.480 e. The molecule has 3 aromatic rings. The number of carbonyl (C=O) groups is 2. The first-order valence-corrected chi connectivity index (χ1v) is 10.7. The number of aryl methyl sites for hydroxylation is 1. The zero-order chi connectivity index (χ0) is 24.0. The van der Waals surface area contributed by atoms with E-state index in [4.69, 9.17) is 4.74 Å². The van der Waals surface area contributed by atoms with E-state index in [1.54, 1.807) is 56.3 Å². The highest BCUT2D eigenvalue weighted by molar-refractivity contribution is 5.95. The molecule has 2 amide bonds. The molecule has 33 heavy (non-hydrogen) atoms. The normalized spacial score (nSPS) is 10.7. The third kappa shape index (κ3) is 5.74. The largest absolute Gasteiger partial charge is 0.480 e. The first-order valence-electron chi connectivity index (χ1n) is 10.7. The SMILES string of the molecule is CCc1ccccc1-c1cc(F)cc(F)c1OCC(=O)N(NC(=O)c1ccccc1)C(C)C. The van der Waals surface area contributed by atoms with Crippen molar-refractivity contribution >= 4 is 11.8 Å². The number of amides is 2. The van der Waals surface area contributed by atoms with Gasteiger partial charge in [-0.25, -0.2) is 13.8 Å². The molecule has 0 fully saturated rings. The van der Waals surface area contributed by atoms with Gasteiger partial charge in [0, 0.05) is 23.2 Å². The second kappa shape index (κ2) is 10.7. The minimum absolute atomic E-state index is 0.219. The summed E-state index contributed by atoms with van der Waals surface area (Å²) in [5.41, 5.74) is 4.69. The molecule has 0 saturated carbocycles. The van der Waals surface area contributed by atoms with Crippen molar-refractivity contribution in [3.63, 3.8) is 0 Å². The first-order chi connectivity index (χ1) is 15.8. The van der Waals surface area contributed by atoms with Crippen LogP contribution in [0.1, 0.15) is 36.7 Å². The third-order valence-corrected chi connectivity index (χ3v) is 5.08. The molecule has 3 aromatic carbocycles. The molecular weight excluding hydrogens is 426 g/mol. The van der Waals surface area contributed by atoms with Crippen molar-refractivity contribution in [3.8, 4) is 16.9 Å². The monoisotopic (exact) mass is 452 g/mol. The van der Waals surface area contributed by atoms with Crippen molar-refractivity contribution in [1.29, 1.82) is 0 Å². The van der Waals surface area contributed by atoms with E-state index in [1.165, 1.54) is 6.07 Å². The van der Waals surface area contributed by atoms with Crippen LogP contribution in [-0.2, 0) is 11.2 Å². The Morgan fingerprint density at radius 1 is 0.970 bits per heavy atom. The van der Waals surface area contributed by atoms with E-state index in [9.17, 15) is 18.4 Å². The Morgan fingerprint density at radius 2 is 1.64 bits per heavy atom. The van der Waals surface area contributed by atoms with Gasteiger partial charge in [0.05, 0.1) is 0 Å². The van der Waals surface area contributed by atoms with Crippen LogP contribution >= 0.6 is 0 Å². The van der Waals surface area contributed by atoms with Crippen molar-refractivity contribution in [2.45, 2.75) is 33.2 Å².